The van der Waals surface area contributed by atoms with Gasteiger partial charge in [-0.3, -0.25) is 0 Å². The van der Waals surface area contributed by atoms with Gasteiger partial charge in [-0.2, -0.15) is 0 Å². The van der Waals surface area contributed by atoms with Crippen LogP contribution in [-0.4, -0.2) is 8.07 Å². The molecule has 2 heterocycles. The zero-order valence-electron chi connectivity index (χ0n) is 39.0. The highest BCUT2D eigenvalue weighted by Crippen LogP contribution is 2.59. The van der Waals surface area contributed by atoms with Crippen LogP contribution in [0.3, 0.4) is 0 Å². The summed E-state index contributed by atoms with van der Waals surface area (Å²) >= 11 is 0. The van der Waals surface area contributed by atoms with E-state index in [0.29, 0.717) is 0 Å². The first-order valence-corrected chi connectivity index (χ1v) is 26.7. The number of fused-ring (bicyclic) bond motifs is 11. The van der Waals surface area contributed by atoms with Gasteiger partial charge in [0.2, 0.25) is 0 Å². The number of hydrogen-bond donors (Lipinski definition) is 0. The van der Waals surface area contributed by atoms with Crippen molar-refractivity contribution in [2.75, 3.05) is 4.90 Å². The predicted octanol–water partition coefficient (Wildman–Crippen LogP) is 13.7. The molecule has 334 valence electrons. The van der Waals surface area contributed by atoms with Crippen molar-refractivity contribution in [1.29, 1.82) is 0 Å². The number of ether oxygens (including phenoxy) is 1. The van der Waals surface area contributed by atoms with Gasteiger partial charge in [-0.15, -0.1) is 0 Å². The standard InChI is InChI=1S/C68H47NOSi/c1-6-24-48(25-7-1)67(49-26-8-2-9-27-49)57-35-17-16-34-55(57)56-44-42-51(46-62(56)67)69(50-28-10-3-11-29-50)52-43-45-59-64(47-52)70-63-39-21-18-36-58(63)68(59)60-37-19-22-40-65(60)71(53-30-12-4-13-31-53,54-32-14-5-15-33-54)66-41-23-20-38-61(66)68/h1-47H. The van der Waals surface area contributed by atoms with Crippen LogP contribution in [0.4, 0.5) is 17.1 Å². The van der Waals surface area contributed by atoms with Crippen LogP contribution in [0.1, 0.15) is 44.5 Å². The lowest BCUT2D eigenvalue weighted by Gasteiger charge is -2.51. The Kier molecular flexibility index (Phi) is 9.39. The first-order chi connectivity index (χ1) is 35.2. The highest BCUT2D eigenvalue weighted by atomic mass is 28.3. The van der Waals surface area contributed by atoms with E-state index in [2.05, 4.69) is 290 Å². The van der Waals surface area contributed by atoms with E-state index in [1.165, 1.54) is 65.3 Å². The van der Waals surface area contributed by atoms with Gasteiger partial charge in [-0.25, -0.2) is 0 Å². The molecule has 14 rings (SSSR count). The van der Waals surface area contributed by atoms with Crippen LogP contribution >= 0.6 is 0 Å². The summed E-state index contributed by atoms with van der Waals surface area (Å²) in [4.78, 5) is 2.41. The van der Waals surface area contributed by atoms with Crippen LogP contribution in [0.5, 0.6) is 11.5 Å². The molecule has 0 unspecified atom stereocenters. The molecule has 3 aliphatic rings. The molecule has 0 N–H and O–H groups in total. The molecule has 0 bridgehead atoms. The van der Waals surface area contributed by atoms with Crippen molar-refractivity contribution in [2.45, 2.75) is 10.8 Å². The Hall–Kier alpha value is -8.76. The summed E-state index contributed by atoms with van der Waals surface area (Å²) in [6.45, 7) is 0. The molecule has 11 aromatic rings. The zero-order chi connectivity index (χ0) is 47.0. The minimum absolute atomic E-state index is 0.540. The second kappa shape index (κ2) is 16.2. The first-order valence-electron chi connectivity index (χ1n) is 24.7. The molecule has 2 aliphatic heterocycles. The van der Waals surface area contributed by atoms with Gasteiger partial charge in [0, 0.05) is 34.3 Å². The van der Waals surface area contributed by atoms with Crippen molar-refractivity contribution in [3.8, 4) is 22.6 Å². The van der Waals surface area contributed by atoms with E-state index in [9.17, 15) is 0 Å². The van der Waals surface area contributed by atoms with Gasteiger partial charge >= 0.3 is 0 Å². The van der Waals surface area contributed by atoms with E-state index < -0.39 is 18.9 Å². The summed E-state index contributed by atoms with van der Waals surface area (Å²) in [7, 11) is -2.89. The third kappa shape index (κ3) is 5.75. The third-order valence-electron chi connectivity index (χ3n) is 15.7. The number of para-hydroxylation sites is 2. The van der Waals surface area contributed by atoms with Crippen LogP contribution in [0.25, 0.3) is 11.1 Å². The van der Waals surface area contributed by atoms with Crippen LogP contribution in [0.2, 0.25) is 0 Å². The highest BCUT2D eigenvalue weighted by Gasteiger charge is 2.57. The lowest BCUT2D eigenvalue weighted by Crippen LogP contribution is -2.79. The van der Waals surface area contributed by atoms with Crippen molar-refractivity contribution >= 4 is 45.9 Å². The van der Waals surface area contributed by atoms with Crippen molar-refractivity contribution in [2.24, 2.45) is 0 Å². The van der Waals surface area contributed by atoms with E-state index in [1.807, 2.05) is 0 Å². The molecule has 2 nitrogen and oxygen atoms in total. The number of hydrogen-bond acceptors (Lipinski definition) is 2. The number of rotatable bonds is 7. The van der Waals surface area contributed by atoms with E-state index >= 15 is 0 Å². The van der Waals surface area contributed by atoms with Gasteiger partial charge in [0.25, 0.3) is 0 Å². The summed E-state index contributed by atoms with van der Waals surface area (Å²) in [6, 6.07) is 106. The molecule has 0 atom stereocenters. The fourth-order valence-electron chi connectivity index (χ4n) is 13.1. The topological polar surface area (TPSA) is 12.5 Å². The maximum Gasteiger partial charge on any atom is 0.180 e. The Balaban J connectivity index is 1.02. The number of benzene rings is 11. The summed E-state index contributed by atoms with van der Waals surface area (Å²) in [5.74, 6) is 1.71. The fraction of sp³-hybridized carbons (Fsp3) is 0.0294. The molecular formula is C68H47NOSi. The van der Waals surface area contributed by atoms with Gasteiger partial charge < -0.3 is 9.64 Å². The maximum atomic E-state index is 7.27. The van der Waals surface area contributed by atoms with Gasteiger partial charge in [-0.05, 0) is 102 Å². The minimum atomic E-state index is -2.89. The molecule has 0 fully saturated rings. The van der Waals surface area contributed by atoms with E-state index in [0.717, 1.165) is 39.7 Å². The Morgan fingerprint density at radius 1 is 0.282 bits per heavy atom. The van der Waals surface area contributed by atoms with E-state index in [1.54, 1.807) is 0 Å². The normalized spacial score (nSPS) is 14.6. The maximum absolute atomic E-state index is 7.27. The Bertz CT molecular complexity index is 3670. The predicted molar refractivity (Wildman–Crippen MR) is 294 cm³/mol. The summed E-state index contributed by atoms with van der Waals surface area (Å²) in [6.07, 6.45) is 0. The average Bonchev–Trinajstić information content (AvgIpc) is 3.75. The first kappa shape index (κ1) is 41.2. The molecular weight excluding hydrogens is 875 g/mol. The molecule has 0 radical (unpaired) electrons. The van der Waals surface area contributed by atoms with Gasteiger partial charge in [-0.1, -0.05) is 243 Å². The average molecular weight is 922 g/mol. The quantitative estimate of drug-likeness (QED) is 0.148. The molecule has 0 saturated carbocycles. The highest BCUT2D eigenvalue weighted by molar-refractivity contribution is 7.20. The van der Waals surface area contributed by atoms with Crippen LogP contribution in [0, 0.1) is 0 Å². The molecule has 11 aromatic carbocycles. The fourth-order valence-corrected chi connectivity index (χ4v) is 18.4. The molecule has 0 amide bonds. The van der Waals surface area contributed by atoms with E-state index in [4.69, 9.17) is 4.74 Å². The molecule has 1 spiro atoms. The van der Waals surface area contributed by atoms with Crippen molar-refractivity contribution < 1.29 is 4.74 Å². The Morgan fingerprint density at radius 3 is 1.32 bits per heavy atom. The van der Waals surface area contributed by atoms with Crippen LogP contribution in [0.15, 0.2) is 285 Å². The van der Waals surface area contributed by atoms with Gasteiger partial charge in [0.05, 0.1) is 10.8 Å². The Morgan fingerprint density at radius 2 is 0.718 bits per heavy atom. The smallest absolute Gasteiger partial charge is 0.180 e. The Labute approximate surface area is 416 Å². The summed E-state index contributed by atoms with van der Waals surface area (Å²) in [5, 5.41) is 5.54. The zero-order valence-corrected chi connectivity index (χ0v) is 40.0. The van der Waals surface area contributed by atoms with E-state index in [-0.39, 0.29) is 0 Å². The second-order valence-corrected chi connectivity index (χ2v) is 22.8. The molecule has 71 heavy (non-hydrogen) atoms. The number of nitrogens with zero attached hydrogens (tertiary/aromatic N) is 1. The molecule has 3 heteroatoms. The van der Waals surface area contributed by atoms with Crippen molar-refractivity contribution in [1.82, 2.24) is 0 Å². The van der Waals surface area contributed by atoms with Gasteiger partial charge in [0.1, 0.15) is 11.5 Å². The van der Waals surface area contributed by atoms with Crippen LogP contribution in [-0.2, 0) is 10.8 Å². The summed E-state index contributed by atoms with van der Waals surface area (Å²) < 4.78 is 7.27. The molecule has 0 aromatic heterocycles. The SMILES string of the molecule is c1ccc(N(c2ccc3c(c2)Oc2ccccc2C32c3ccccc3[Si](c3ccccc3)(c3ccccc3)c3ccccc32)c2ccc3c(c2)C(c2ccccc2)(c2ccccc2)c2ccccc2-3)cc1. The minimum Gasteiger partial charge on any atom is -0.457 e. The second-order valence-electron chi connectivity index (χ2n) is 19.0. The summed E-state index contributed by atoms with van der Waals surface area (Å²) in [5.41, 5.74) is 14.4. The van der Waals surface area contributed by atoms with Crippen molar-refractivity contribution in [3.05, 3.63) is 330 Å². The third-order valence-corrected chi connectivity index (χ3v) is 20.6. The van der Waals surface area contributed by atoms with Crippen LogP contribution < -0.4 is 30.4 Å². The number of anilines is 3. The lowest BCUT2D eigenvalue weighted by atomic mass is 9.63. The largest absolute Gasteiger partial charge is 0.457 e. The lowest BCUT2D eigenvalue weighted by molar-refractivity contribution is 0.435. The van der Waals surface area contributed by atoms with Crippen molar-refractivity contribution in [3.63, 3.8) is 0 Å². The molecule has 0 saturated heterocycles. The molecule has 1 aliphatic carbocycles. The monoisotopic (exact) mass is 921 g/mol. The van der Waals surface area contributed by atoms with Gasteiger partial charge in [0.15, 0.2) is 8.07 Å².